The maximum absolute atomic E-state index is 12.2. The van der Waals surface area contributed by atoms with Crippen molar-refractivity contribution in [2.75, 3.05) is 20.1 Å². The first kappa shape index (κ1) is 16.4. The summed E-state index contributed by atoms with van der Waals surface area (Å²) < 4.78 is 27.3. The molecule has 0 aromatic heterocycles. The summed E-state index contributed by atoms with van der Waals surface area (Å²) in [5.41, 5.74) is -0.0614. The third-order valence-electron chi connectivity index (χ3n) is 3.39. The highest BCUT2D eigenvalue weighted by molar-refractivity contribution is 9.10. The van der Waals surface area contributed by atoms with Crippen LogP contribution in [0.2, 0.25) is 0 Å². The summed E-state index contributed by atoms with van der Waals surface area (Å²) in [6.45, 7) is 0.916. The number of carbonyl (C=O) groups is 1. The van der Waals surface area contributed by atoms with E-state index in [4.69, 9.17) is 5.11 Å². The summed E-state index contributed by atoms with van der Waals surface area (Å²) in [6, 6.07) is 4.50. The Labute approximate surface area is 132 Å². The van der Waals surface area contributed by atoms with E-state index < -0.39 is 16.0 Å². The normalized spacial score (nSPS) is 15.4. The summed E-state index contributed by atoms with van der Waals surface area (Å²) >= 11 is 3.15. The molecular weight excluding hydrogens is 360 g/mol. The number of nitrogens with one attached hydrogen (secondary N) is 1. The molecule has 0 spiro atoms. The van der Waals surface area contributed by atoms with E-state index in [9.17, 15) is 13.2 Å². The van der Waals surface area contributed by atoms with Crippen molar-refractivity contribution in [2.45, 2.75) is 23.8 Å². The fourth-order valence-corrected chi connectivity index (χ4v) is 3.98. The maximum Gasteiger partial charge on any atom is 0.335 e. The van der Waals surface area contributed by atoms with Crippen LogP contribution in [0.4, 0.5) is 0 Å². The lowest BCUT2D eigenvalue weighted by atomic mass is 10.2. The number of likely N-dealkylation sites (N-methyl/N-ethyl adjacent to an activating group) is 1. The monoisotopic (exact) mass is 376 g/mol. The molecule has 0 atom stereocenters. The molecule has 1 aromatic rings. The highest BCUT2D eigenvalue weighted by atomic mass is 79.9. The first-order valence-corrected chi connectivity index (χ1v) is 8.81. The van der Waals surface area contributed by atoms with Crippen LogP contribution in [-0.4, -0.2) is 50.6 Å². The zero-order chi connectivity index (χ0) is 15.6. The minimum Gasteiger partial charge on any atom is -0.478 e. The standard InChI is InChI=1S/C13H17BrN2O4S/c1-16(10-3-4-10)7-6-15-21(19,20)12-8-9(13(17)18)2-5-11(12)14/h2,5,8,10,15H,3-4,6-7H2,1H3,(H,17,18). The summed E-state index contributed by atoms with van der Waals surface area (Å²) in [6.07, 6.45) is 2.32. The van der Waals surface area contributed by atoms with Gasteiger partial charge in [0.05, 0.1) is 10.5 Å². The van der Waals surface area contributed by atoms with E-state index in [-0.39, 0.29) is 10.5 Å². The molecule has 116 valence electrons. The van der Waals surface area contributed by atoms with Crippen molar-refractivity contribution >= 4 is 31.9 Å². The Kier molecular flexibility index (Phi) is 5.03. The van der Waals surface area contributed by atoms with Gasteiger partial charge in [-0.15, -0.1) is 0 Å². The van der Waals surface area contributed by atoms with Gasteiger partial charge in [0.2, 0.25) is 10.0 Å². The topological polar surface area (TPSA) is 86.7 Å². The molecule has 1 aliphatic rings. The van der Waals surface area contributed by atoms with E-state index in [1.807, 2.05) is 7.05 Å². The third kappa shape index (κ3) is 4.26. The van der Waals surface area contributed by atoms with Crippen LogP contribution in [0.1, 0.15) is 23.2 Å². The van der Waals surface area contributed by atoms with Crippen molar-refractivity contribution in [3.8, 4) is 0 Å². The molecular formula is C13H17BrN2O4S. The van der Waals surface area contributed by atoms with Gasteiger partial charge in [0.25, 0.3) is 0 Å². The van der Waals surface area contributed by atoms with Crippen molar-refractivity contribution in [3.63, 3.8) is 0 Å². The van der Waals surface area contributed by atoms with Crippen molar-refractivity contribution in [1.29, 1.82) is 0 Å². The maximum atomic E-state index is 12.2. The summed E-state index contributed by atoms with van der Waals surface area (Å²) in [7, 11) is -1.77. The first-order chi connectivity index (χ1) is 9.81. The molecule has 0 saturated heterocycles. The fourth-order valence-electron chi connectivity index (χ4n) is 1.97. The Hall–Kier alpha value is -0.960. The van der Waals surface area contributed by atoms with Crippen molar-refractivity contribution in [1.82, 2.24) is 9.62 Å². The number of nitrogens with zero attached hydrogens (tertiary/aromatic N) is 1. The summed E-state index contributed by atoms with van der Waals surface area (Å²) in [5, 5.41) is 8.95. The minimum atomic E-state index is -3.73. The zero-order valence-electron chi connectivity index (χ0n) is 11.5. The van der Waals surface area contributed by atoms with Crippen LogP contribution in [0.15, 0.2) is 27.6 Å². The molecule has 1 fully saturated rings. The average molecular weight is 377 g/mol. The molecule has 1 aliphatic carbocycles. The van der Waals surface area contributed by atoms with Crippen LogP contribution < -0.4 is 4.72 Å². The SMILES string of the molecule is CN(CCNS(=O)(=O)c1cc(C(=O)O)ccc1Br)C1CC1. The molecule has 6 nitrogen and oxygen atoms in total. The molecule has 0 unspecified atom stereocenters. The van der Waals surface area contributed by atoms with E-state index in [0.717, 1.165) is 18.9 Å². The molecule has 1 aromatic carbocycles. The Bertz CT molecular complexity index is 644. The average Bonchev–Trinajstić information content (AvgIpc) is 3.22. The van der Waals surface area contributed by atoms with Gasteiger partial charge in [0.15, 0.2) is 0 Å². The number of benzene rings is 1. The predicted octanol–water partition coefficient (Wildman–Crippen LogP) is 1.52. The molecule has 0 aliphatic heterocycles. The number of aromatic carboxylic acids is 1. The van der Waals surface area contributed by atoms with E-state index in [2.05, 4.69) is 25.6 Å². The Morgan fingerprint density at radius 2 is 2.14 bits per heavy atom. The van der Waals surface area contributed by atoms with Gasteiger partial charge < -0.3 is 10.0 Å². The highest BCUT2D eigenvalue weighted by Crippen LogP contribution is 2.25. The van der Waals surface area contributed by atoms with Gasteiger partial charge in [-0.05, 0) is 54.0 Å². The first-order valence-electron chi connectivity index (χ1n) is 6.54. The number of halogens is 1. The summed E-state index contributed by atoms with van der Waals surface area (Å²) in [5.74, 6) is -1.16. The largest absolute Gasteiger partial charge is 0.478 e. The smallest absolute Gasteiger partial charge is 0.335 e. The highest BCUT2D eigenvalue weighted by Gasteiger charge is 2.26. The lowest BCUT2D eigenvalue weighted by molar-refractivity contribution is 0.0696. The molecule has 1 saturated carbocycles. The Morgan fingerprint density at radius 3 is 2.71 bits per heavy atom. The Balaban J connectivity index is 2.07. The molecule has 8 heteroatoms. The molecule has 0 amide bonds. The van der Waals surface area contributed by atoms with Gasteiger partial charge in [-0.2, -0.15) is 0 Å². The number of hydrogen-bond acceptors (Lipinski definition) is 4. The number of hydrogen-bond donors (Lipinski definition) is 2. The van der Waals surface area contributed by atoms with Gasteiger partial charge in [-0.3, -0.25) is 0 Å². The number of carboxylic acids is 1. The second-order valence-corrected chi connectivity index (χ2v) is 7.65. The van der Waals surface area contributed by atoms with Crippen molar-refractivity contribution in [3.05, 3.63) is 28.2 Å². The molecule has 0 heterocycles. The van der Waals surface area contributed by atoms with E-state index in [1.165, 1.54) is 12.1 Å². The van der Waals surface area contributed by atoms with Crippen LogP contribution >= 0.6 is 15.9 Å². The molecule has 0 radical (unpaired) electrons. The van der Waals surface area contributed by atoms with Crippen molar-refractivity contribution < 1.29 is 18.3 Å². The van der Waals surface area contributed by atoms with Crippen LogP contribution in [0.25, 0.3) is 0 Å². The van der Waals surface area contributed by atoms with Crippen LogP contribution in [0.5, 0.6) is 0 Å². The molecule has 2 rings (SSSR count). The van der Waals surface area contributed by atoms with E-state index >= 15 is 0 Å². The Morgan fingerprint density at radius 1 is 1.48 bits per heavy atom. The minimum absolute atomic E-state index is 0.0588. The van der Waals surface area contributed by atoms with Gasteiger partial charge in [0.1, 0.15) is 0 Å². The van der Waals surface area contributed by atoms with E-state index in [0.29, 0.717) is 23.6 Å². The van der Waals surface area contributed by atoms with Crippen LogP contribution in [-0.2, 0) is 10.0 Å². The van der Waals surface area contributed by atoms with Gasteiger partial charge in [-0.25, -0.2) is 17.9 Å². The number of carboxylic acid groups (broad SMARTS) is 1. The van der Waals surface area contributed by atoms with Crippen LogP contribution in [0, 0.1) is 0 Å². The lowest BCUT2D eigenvalue weighted by Gasteiger charge is -2.16. The quantitative estimate of drug-likeness (QED) is 0.753. The number of rotatable bonds is 7. The summed E-state index contributed by atoms with van der Waals surface area (Å²) in [4.78, 5) is 13.0. The number of sulfonamides is 1. The predicted molar refractivity (Wildman–Crippen MR) is 81.9 cm³/mol. The van der Waals surface area contributed by atoms with Crippen LogP contribution in [0.3, 0.4) is 0 Å². The second-order valence-electron chi connectivity index (χ2n) is 5.06. The van der Waals surface area contributed by atoms with Gasteiger partial charge >= 0.3 is 5.97 Å². The van der Waals surface area contributed by atoms with Crippen molar-refractivity contribution in [2.24, 2.45) is 0 Å². The van der Waals surface area contributed by atoms with Gasteiger partial charge in [-0.1, -0.05) is 0 Å². The lowest BCUT2D eigenvalue weighted by Crippen LogP contribution is -2.34. The molecule has 0 bridgehead atoms. The second kappa shape index (κ2) is 6.43. The fraction of sp³-hybridized carbons (Fsp3) is 0.462. The zero-order valence-corrected chi connectivity index (χ0v) is 13.9. The van der Waals surface area contributed by atoms with Gasteiger partial charge in [0, 0.05) is 23.6 Å². The van der Waals surface area contributed by atoms with E-state index in [1.54, 1.807) is 0 Å². The molecule has 2 N–H and O–H groups in total. The third-order valence-corrected chi connectivity index (χ3v) is 5.85. The molecule has 21 heavy (non-hydrogen) atoms.